The molecule has 0 aliphatic carbocycles. The van der Waals surface area contributed by atoms with Gasteiger partial charge in [0, 0.05) is 58.3 Å². The molecule has 1 saturated heterocycles. The zero-order chi connectivity index (χ0) is 19.6. The summed E-state index contributed by atoms with van der Waals surface area (Å²) in [6, 6.07) is 11.4. The Kier molecular flexibility index (Phi) is 11.4. The van der Waals surface area contributed by atoms with E-state index in [1.54, 1.807) is 0 Å². The molecule has 0 bridgehead atoms. The second kappa shape index (κ2) is 13.0. The third kappa shape index (κ3) is 7.58. The quantitative estimate of drug-likeness (QED) is 0.343. The van der Waals surface area contributed by atoms with Crippen LogP contribution in [0.1, 0.15) is 45.2 Å². The van der Waals surface area contributed by atoms with Crippen molar-refractivity contribution in [3.63, 3.8) is 0 Å². The number of rotatable bonds is 7. The Morgan fingerprint density at radius 3 is 2.32 bits per heavy atom. The van der Waals surface area contributed by atoms with Gasteiger partial charge in [0.2, 0.25) is 5.91 Å². The van der Waals surface area contributed by atoms with Gasteiger partial charge in [-0.05, 0) is 25.8 Å². The average Bonchev–Trinajstić information content (AvgIpc) is 2.67. The standard InChI is InChI=1S/C21H35N5O.HI/c1-5-19(18-9-7-6-8-10-18)25-13-15-26(16-14-25)21(22-4)23-12-11-20(27)24-17(2)3;/h6-10,17,19H,5,11-16H2,1-4H3,(H,22,23)(H,24,27);1H. The molecule has 1 aliphatic rings. The van der Waals surface area contributed by atoms with Crippen molar-refractivity contribution >= 4 is 35.8 Å². The molecule has 2 rings (SSSR count). The Labute approximate surface area is 187 Å². The molecule has 2 N–H and O–H groups in total. The zero-order valence-electron chi connectivity index (χ0n) is 17.6. The Hall–Kier alpha value is -1.35. The lowest BCUT2D eigenvalue weighted by Crippen LogP contribution is -2.53. The SMILES string of the molecule is CCC(c1ccccc1)N1CCN(C(=NC)NCCC(=O)NC(C)C)CC1.I. The number of hydrogen-bond acceptors (Lipinski definition) is 3. The van der Waals surface area contributed by atoms with Crippen LogP contribution in [0.5, 0.6) is 0 Å². The minimum absolute atomic E-state index is 0. The predicted octanol–water partition coefficient (Wildman–Crippen LogP) is 2.86. The van der Waals surface area contributed by atoms with E-state index >= 15 is 0 Å². The van der Waals surface area contributed by atoms with Gasteiger partial charge in [0.1, 0.15) is 0 Å². The van der Waals surface area contributed by atoms with Crippen molar-refractivity contribution in [3.05, 3.63) is 35.9 Å². The summed E-state index contributed by atoms with van der Waals surface area (Å²) in [4.78, 5) is 21.0. The number of nitrogens with one attached hydrogen (secondary N) is 2. The summed E-state index contributed by atoms with van der Waals surface area (Å²) in [5, 5.41) is 6.24. The van der Waals surface area contributed by atoms with Crippen molar-refractivity contribution in [2.45, 2.75) is 45.7 Å². The third-order valence-corrected chi connectivity index (χ3v) is 4.92. The van der Waals surface area contributed by atoms with Gasteiger partial charge in [-0.25, -0.2) is 0 Å². The van der Waals surface area contributed by atoms with Gasteiger partial charge in [0.15, 0.2) is 5.96 Å². The Balaban J connectivity index is 0.00000392. The highest BCUT2D eigenvalue weighted by Crippen LogP contribution is 2.25. The Morgan fingerprint density at radius 2 is 1.79 bits per heavy atom. The minimum atomic E-state index is 0. The summed E-state index contributed by atoms with van der Waals surface area (Å²) in [5.41, 5.74) is 1.40. The highest BCUT2D eigenvalue weighted by molar-refractivity contribution is 14.0. The van der Waals surface area contributed by atoms with Crippen molar-refractivity contribution in [1.29, 1.82) is 0 Å². The molecular weight excluding hydrogens is 465 g/mol. The van der Waals surface area contributed by atoms with E-state index in [1.165, 1.54) is 5.56 Å². The number of aliphatic imine (C=N–C) groups is 1. The highest BCUT2D eigenvalue weighted by Gasteiger charge is 2.25. The van der Waals surface area contributed by atoms with Gasteiger partial charge < -0.3 is 15.5 Å². The molecule has 0 spiro atoms. The first kappa shape index (κ1) is 24.7. The lowest BCUT2D eigenvalue weighted by atomic mass is 10.0. The topological polar surface area (TPSA) is 60.0 Å². The molecule has 0 saturated carbocycles. The van der Waals surface area contributed by atoms with Gasteiger partial charge >= 0.3 is 0 Å². The van der Waals surface area contributed by atoms with E-state index < -0.39 is 0 Å². The molecule has 158 valence electrons. The van der Waals surface area contributed by atoms with Crippen LogP contribution in [0, 0.1) is 0 Å². The minimum Gasteiger partial charge on any atom is -0.356 e. The smallest absolute Gasteiger partial charge is 0.221 e. The maximum atomic E-state index is 11.8. The molecule has 1 aromatic rings. The number of halogens is 1. The third-order valence-electron chi connectivity index (χ3n) is 4.92. The molecule has 6 nitrogen and oxygen atoms in total. The molecule has 0 radical (unpaired) electrons. The fraction of sp³-hybridized carbons (Fsp3) is 0.619. The number of nitrogens with zero attached hydrogens (tertiary/aromatic N) is 3. The lowest BCUT2D eigenvalue weighted by Gasteiger charge is -2.40. The van der Waals surface area contributed by atoms with Crippen LogP contribution in [0.4, 0.5) is 0 Å². The Bertz CT molecular complexity index is 600. The van der Waals surface area contributed by atoms with Gasteiger partial charge in [-0.2, -0.15) is 0 Å². The maximum Gasteiger partial charge on any atom is 0.221 e. The van der Waals surface area contributed by atoms with Gasteiger partial charge in [-0.1, -0.05) is 37.3 Å². The summed E-state index contributed by atoms with van der Waals surface area (Å²) in [6.07, 6.45) is 1.57. The molecule has 1 aromatic carbocycles. The molecule has 1 fully saturated rings. The van der Waals surface area contributed by atoms with E-state index in [-0.39, 0.29) is 35.9 Å². The van der Waals surface area contributed by atoms with Crippen LogP contribution in [0.2, 0.25) is 0 Å². The fourth-order valence-electron chi connectivity index (χ4n) is 3.64. The van der Waals surface area contributed by atoms with Gasteiger partial charge in [-0.3, -0.25) is 14.7 Å². The number of piperazine rings is 1. The summed E-state index contributed by atoms with van der Waals surface area (Å²) < 4.78 is 0. The molecule has 1 heterocycles. The van der Waals surface area contributed by atoms with Gasteiger partial charge in [0.25, 0.3) is 0 Å². The maximum absolute atomic E-state index is 11.8. The Morgan fingerprint density at radius 1 is 1.14 bits per heavy atom. The molecule has 1 unspecified atom stereocenters. The average molecular weight is 501 g/mol. The van der Waals surface area contributed by atoms with Crippen LogP contribution in [0.25, 0.3) is 0 Å². The molecule has 1 atom stereocenters. The molecular formula is C21H36IN5O. The number of carbonyl (C=O) groups excluding carboxylic acids is 1. The predicted molar refractivity (Wildman–Crippen MR) is 127 cm³/mol. The van der Waals surface area contributed by atoms with Gasteiger partial charge in [0.05, 0.1) is 0 Å². The first-order valence-corrected chi connectivity index (χ1v) is 10.1. The van der Waals surface area contributed by atoms with Crippen LogP contribution >= 0.6 is 24.0 Å². The number of carbonyl (C=O) groups is 1. The number of hydrogen-bond donors (Lipinski definition) is 2. The van der Waals surface area contributed by atoms with Gasteiger partial charge in [-0.15, -0.1) is 24.0 Å². The zero-order valence-corrected chi connectivity index (χ0v) is 20.0. The number of benzene rings is 1. The van der Waals surface area contributed by atoms with Crippen molar-refractivity contribution in [2.75, 3.05) is 39.8 Å². The van der Waals surface area contributed by atoms with Crippen molar-refractivity contribution in [3.8, 4) is 0 Å². The first-order valence-electron chi connectivity index (χ1n) is 10.1. The van der Waals surface area contributed by atoms with E-state index in [4.69, 9.17) is 0 Å². The van der Waals surface area contributed by atoms with E-state index in [9.17, 15) is 4.79 Å². The van der Waals surface area contributed by atoms with Crippen LogP contribution in [0.15, 0.2) is 35.3 Å². The molecule has 28 heavy (non-hydrogen) atoms. The normalized spacial score (nSPS) is 16.5. The molecule has 0 aromatic heterocycles. The van der Waals surface area contributed by atoms with E-state index in [0.717, 1.165) is 38.6 Å². The largest absolute Gasteiger partial charge is 0.356 e. The van der Waals surface area contributed by atoms with E-state index in [0.29, 0.717) is 19.0 Å². The van der Waals surface area contributed by atoms with E-state index in [1.807, 2.05) is 20.9 Å². The highest BCUT2D eigenvalue weighted by atomic mass is 127. The van der Waals surface area contributed by atoms with Crippen LogP contribution in [-0.4, -0.2) is 67.5 Å². The van der Waals surface area contributed by atoms with Crippen molar-refractivity contribution < 1.29 is 4.79 Å². The van der Waals surface area contributed by atoms with Crippen LogP contribution < -0.4 is 10.6 Å². The van der Waals surface area contributed by atoms with Crippen molar-refractivity contribution in [2.24, 2.45) is 4.99 Å². The lowest BCUT2D eigenvalue weighted by molar-refractivity contribution is -0.121. The van der Waals surface area contributed by atoms with Crippen molar-refractivity contribution in [1.82, 2.24) is 20.4 Å². The summed E-state index contributed by atoms with van der Waals surface area (Å²) in [6.45, 7) is 10.7. The molecule has 7 heteroatoms. The molecule has 1 amide bonds. The van der Waals surface area contributed by atoms with Crippen LogP contribution in [-0.2, 0) is 4.79 Å². The first-order chi connectivity index (χ1) is 13.0. The van der Waals surface area contributed by atoms with Crippen LogP contribution in [0.3, 0.4) is 0 Å². The number of guanidine groups is 1. The van der Waals surface area contributed by atoms with E-state index in [2.05, 4.69) is 62.7 Å². The molecule has 1 aliphatic heterocycles. The second-order valence-electron chi connectivity index (χ2n) is 7.30. The summed E-state index contributed by atoms with van der Waals surface area (Å²) in [7, 11) is 1.81. The number of amides is 1. The fourth-order valence-corrected chi connectivity index (χ4v) is 3.64. The summed E-state index contributed by atoms with van der Waals surface area (Å²) >= 11 is 0. The summed E-state index contributed by atoms with van der Waals surface area (Å²) in [5.74, 6) is 0.964. The monoisotopic (exact) mass is 501 g/mol. The second-order valence-corrected chi connectivity index (χ2v) is 7.30.